The average molecular weight is 247 g/mol. The van der Waals surface area contributed by atoms with Gasteiger partial charge in [-0.15, -0.1) is 0 Å². The maximum absolute atomic E-state index is 5.75. The Morgan fingerprint density at radius 2 is 2.06 bits per heavy atom. The summed E-state index contributed by atoms with van der Waals surface area (Å²) in [4.78, 5) is 0. The first-order valence-corrected chi connectivity index (χ1v) is 6.90. The molecule has 1 aliphatic rings. The fourth-order valence-corrected chi connectivity index (χ4v) is 3.02. The molecule has 1 aromatic rings. The van der Waals surface area contributed by atoms with Crippen molar-refractivity contribution in [2.75, 3.05) is 14.2 Å². The Labute approximate surface area is 111 Å². The van der Waals surface area contributed by atoms with Gasteiger partial charge < -0.3 is 10.1 Å². The fourth-order valence-electron chi connectivity index (χ4n) is 3.02. The molecule has 2 nitrogen and oxygen atoms in total. The third-order valence-corrected chi connectivity index (χ3v) is 4.42. The highest BCUT2D eigenvalue weighted by atomic mass is 16.5. The van der Waals surface area contributed by atoms with Crippen LogP contribution in [0.4, 0.5) is 0 Å². The van der Waals surface area contributed by atoms with Crippen molar-refractivity contribution in [1.82, 2.24) is 5.32 Å². The van der Waals surface area contributed by atoms with Gasteiger partial charge >= 0.3 is 0 Å². The van der Waals surface area contributed by atoms with Crippen LogP contribution in [0.2, 0.25) is 0 Å². The van der Waals surface area contributed by atoms with Gasteiger partial charge in [0.15, 0.2) is 0 Å². The molecule has 1 aliphatic carbocycles. The molecule has 1 fully saturated rings. The minimum Gasteiger partial charge on any atom is -0.378 e. The van der Waals surface area contributed by atoms with E-state index in [1.807, 2.05) is 14.2 Å². The van der Waals surface area contributed by atoms with Crippen LogP contribution in [-0.2, 0) is 4.74 Å². The Balaban J connectivity index is 2.17. The highest BCUT2D eigenvalue weighted by Gasteiger charge is 2.39. The van der Waals surface area contributed by atoms with E-state index < -0.39 is 0 Å². The van der Waals surface area contributed by atoms with Crippen molar-refractivity contribution < 1.29 is 4.74 Å². The molecule has 0 heterocycles. The highest BCUT2D eigenvalue weighted by molar-refractivity contribution is 5.33. The average Bonchev–Trinajstić information content (AvgIpc) is 2.30. The first-order chi connectivity index (χ1) is 8.60. The van der Waals surface area contributed by atoms with Crippen LogP contribution in [0, 0.1) is 13.8 Å². The number of rotatable bonds is 5. The Morgan fingerprint density at radius 1 is 1.33 bits per heavy atom. The fraction of sp³-hybridized carbons (Fsp3) is 0.625. The molecule has 0 bridgehead atoms. The van der Waals surface area contributed by atoms with Gasteiger partial charge in [0.05, 0.1) is 5.60 Å². The molecule has 1 unspecified atom stereocenters. The number of nitrogens with one attached hydrogen (secondary N) is 1. The SMILES string of the molecule is CNC(CC1(OC)CCC1)c1ccc(C)cc1C. The first kappa shape index (κ1) is 13.6. The van der Waals surface area contributed by atoms with E-state index in [9.17, 15) is 0 Å². The normalized spacial score (nSPS) is 19.3. The summed E-state index contributed by atoms with van der Waals surface area (Å²) < 4.78 is 5.75. The van der Waals surface area contributed by atoms with Gasteiger partial charge in [-0.3, -0.25) is 0 Å². The van der Waals surface area contributed by atoms with E-state index in [4.69, 9.17) is 4.74 Å². The number of methoxy groups -OCH3 is 1. The van der Waals surface area contributed by atoms with Gasteiger partial charge in [0.1, 0.15) is 0 Å². The van der Waals surface area contributed by atoms with Crippen LogP contribution in [0.15, 0.2) is 18.2 Å². The van der Waals surface area contributed by atoms with Crippen LogP contribution in [0.25, 0.3) is 0 Å². The molecule has 2 rings (SSSR count). The molecule has 1 aromatic carbocycles. The quantitative estimate of drug-likeness (QED) is 0.859. The molecule has 18 heavy (non-hydrogen) atoms. The molecule has 0 aliphatic heterocycles. The van der Waals surface area contributed by atoms with E-state index in [1.54, 1.807) is 0 Å². The maximum Gasteiger partial charge on any atom is 0.0697 e. The summed E-state index contributed by atoms with van der Waals surface area (Å²) in [6.45, 7) is 4.35. The zero-order valence-corrected chi connectivity index (χ0v) is 12.0. The Bertz CT molecular complexity index is 404. The lowest BCUT2D eigenvalue weighted by molar-refractivity contribution is -0.0834. The van der Waals surface area contributed by atoms with Gasteiger partial charge in [-0.25, -0.2) is 0 Å². The molecule has 0 radical (unpaired) electrons. The summed E-state index contributed by atoms with van der Waals surface area (Å²) >= 11 is 0. The largest absolute Gasteiger partial charge is 0.378 e. The van der Waals surface area contributed by atoms with Crippen molar-refractivity contribution in [1.29, 1.82) is 0 Å². The van der Waals surface area contributed by atoms with Crippen LogP contribution in [0.3, 0.4) is 0 Å². The van der Waals surface area contributed by atoms with Gasteiger partial charge in [0, 0.05) is 13.2 Å². The molecule has 1 atom stereocenters. The minimum atomic E-state index is 0.116. The van der Waals surface area contributed by atoms with E-state index in [0.717, 1.165) is 6.42 Å². The van der Waals surface area contributed by atoms with Gasteiger partial charge in [-0.05, 0) is 57.7 Å². The van der Waals surface area contributed by atoms with Gasteiger partial charge in [0.25, 0.3) is 0 Å². The number of hydrogen-bond acceptors (Lipinski definition) is 2. The third-order valence-electron chi connectivity index (χ3n) is 4.42. The minimum absolute atomic E-state index is 0.116. The van der Waals surface area contributed by atoms with Gasteiger partial charge in [-0.1, -0.05) is 23.8 Å². The molecule has 0 amide bonds. The second kappa shape index (κ2) is 5.41. The number of benzene rings is 1. The highest BCUT2D eigenvalue weighted by Crippen LogP contribution is 2.42. The van der Waals surface area contributed by atoms with Crippen LogP contribution >= 0.6 is 0 Å². The molecule has 1 saturated carbocycles. The van der Waals surface area contributed by atoms with Crippen LogP contribution in [0.1, 0.15) is 48.4 Å². The molecule has 0 saturated heterocycles. The summed E-state index contributed by atoms with van der Waals surface area (Å²) in [6.07, 6.45) is 4.78. The first-order valence-electron chi connectivity index (χ1n) is 6.90. The molecule has 100 valence electrons. The van der Waals surface area contributed by atoms with Crippen LogP contribution < -0.4 is 5.32 Å². The van der Waals surface area contributed by atoms with E-state index in [2.05, 4.69) is 37.4 Å². The standard InChI is InChI=1S/C16H25NO/c1-12-6-7-14(13(2)10-12)15(17-3)11-16(18-4)8-5-9-16/h6-7,10,15,17H,5,8-9,11H2,1-4H3. The predicted molar refractivity (Wildman–Crippen MR) is 75.9 cm³/mol. The molecule has 0 spiro atoms. The third kappa shape index (κ3) is 2.60. The monoisotopic (exact) mass is 247 g/mol. The van der Waals surface area contributed by atoms with Gasteiger partial charge in [0.2, 0.25) is 0 Å². The number of ether oxygens (including phenoxy) is 1. The van der Waals surface area contributed by atoms with Crippen LogP contribution in [-0.4, -0.2) is 19.8 Å². The lowest BCUT2D eigenvalue weighted by Gasteiger charge is -2.43. The molecule has 0 aromatic heterocycles. The lowest BCUT2D eigenvalue weighted by Crippen LogP contribution is -2.42. The zero-order chi connectivity index (χ0) is 13.2. The number of hydrogen-bond donors (Lipinski definition) is 1. The van der Waals surface area contributed by atoms with Crippen molar-refractivity contribution in [2.24, 2.45) is 0 Å². The summed E-state index contributed by atoms with van der Waals surface area (Å²) in [6, 6.07) is 7.12. The maximum atomic E-state index is 5.75. The van der Waals surface area contributed by atoms with Gasteiger partial charge in [-0.2, -0.15) is 0 Å². The second-order valence-corrected chi connectivity index (χ2v) is 5.65. The van der Waals surface area contributed by atoms with Crippen molar-refractivity contribution >= 4 is 0 Å². The van der Waals surface area contributed by atoms with Crippen LogP contribution in [0.5, 0.6) is 0 Å². The lowest BCUT2D eigenvalue weighted by atomic mass is 9.74. The summed E-state index contributed by atoms with van der Waals surface area (Å²) in [5.41, 5.74) is 4.23. The van der Waals surface area contributed by atoms with E-state index in [0.29, 0.717) is 6.04 Å². The predicted octanol–water partition coefficient (Wildman–Crippen LogP) is 3.52. The number of aryl methyl sites for hydroxylation is 2. The topological polar surface area (TPSA) is 21.3 Å². The summed E-state index contributed by atoms with van der Waals surface area (Å²) in [5, 5.41) is 3.46. The molecule has 1 N–H and O–H groups in total. The van der Waals surface area contributed by atoms with Crippen molar-refractivity contribution in [3.8, 4) is 0 Å². The van der Waals surface area contributed by atoms with E-state index in [1.165, 1.54) is 36.0 Å². The van der Waals surface area contributed by atoms with E-state index >= 15 is 0 Å². The Kier molecular flexibility index (Phi) is 4.08. The Morgan fingerprint density at radius 3 is 2.50 bits per heavy atom. The van der Waals surface area contributed by atoms with E-state index in [-0.39, 0.29) is 5.60 Å². The molecular formula is C16H25NO. The summed E-state index contributed by atoms with van der Waals surface area (Å²) in [7, 11) is 3.90. The van der Waals surface area contributed by atoms with Crippen molar-refractivity contribution in [2.45, 2.75) is 51.2 Å². The molecule has 2 heteroatoms. The summed E-state index contributed by atoms with van der Waals surface area (Å²) in [5.74, 6) is 0. The second-order valence-electron chi connectivity index (χ2n) is 5.65. The zero-order valence-electron chi connectivity index (χ0n) is 12.0. The molecular weight excluding hydrogens is 222 g/mol. The Hall–Kier alpha value is -0.860. The smallest absolute Gasteiger partial charge is 0.0697 e. The van der Waals surface area contributed by atoms with Crippen molar-refractivity contribution in [3.63, 3.8) is 0 Å². The van der Waals surface area contributed by atoms with Crippen molar-refractivity contribution in [3.05, 3.63) is 34.9 Å².